The molecule has 1 heterocycles. The van der Waals surface area contributed by atoms with E-state index in [2.05, 4.69) is 5.32 Å². The second kappa shape index (κ2) is 8.57. The molecule has 1 atom stereocenters. The highest BCUT2D eigenvalue weighted by Gasteiger charge is 2.41. The van der Waals surface area contributed by atoms with Gasteiger partial charge in [0.05, 0.1) is 18.2 Å². The third-order valence-corrected chi connectivity index (χ3v) is 4.63. The monoisotopic (exact) mass is 419 g/mol. The topological polar surface area (TPSA) is 29.1 Å². The molecule has 1 aliphatic rings. The van der Waals surface area contributed by atoms with Crippen LogP contribution in [0.25, 0.3) is 11.1 Å². The number of halogens is 6. The summed E-state index contributed by atoms with van der Waals surface area (Å²) in [6, 6.07) is 11.2. The number of alkyl halides is 5. The summed E-state index contributed by atoms with van der Waals surface area (Å²) in [5.74, 6) is -3.10. The van der Waals surface area contributed by atoms with Crippen molar-refractivity contribution in [1.29, 1.82) is 0 Å². The number of hydrogen-bond donors (Lipinski definition) is 1. The van der Waals surface area contributed by atoms with Gasteiger partial charge in [0.15, 0.2) is 0 Å². The minimum atomic E-state index is -4.38. The first kappa shape index (κ1) is 22.3. The number of aryl methyl sites for hydroxylation is 1. The van der Waals surface area contributed by atoms with Gasteiger partial charge in [-0.1, -0.05) is 36.4 Å². The molecule has 0 radical (unpaired) electrons. The lowest BCUT2D eigenvalue weighted by Crippen LogP contribution is -2.30. The second-order valence-corrected chi connectivity index (χ2v) is 6.74. The van der Waals surface area contributed by atoms with E-state index >= 15 is 0 Å². The van der Waals surface area contributed by atoms with Crippen LogP contribution in [0.1, 0.15) is 24.0 Å². The van der Waals surface area contributed by atoms with Crippen LogP contribution in [0.15, 0.2) is 48.5 Å². The van der Waals surface area contributed by atoms with E-state index in [-0.39, 0.29) is 24.6 Å². The van der Waals surface area contributed by atoms with Crippen molar-refractivity contribution in [3.8, 4) is 11.1 Å². The Morgan fingerprint density at radius 1 is 1.07 bits per heavy atom. The highest BCUT2D eigenvalue weighted by molar-refractivity contribution is 5.85. The molecule has 2 aromatic rings. The van der Waals surface area contributed by atoms with Gasteiger partial charge >= 0.3 is 6.18 Å². The molecule has 1 fully saturated rings. The molecule has 152 valence electrons. The Kier molecular flexibility index (Phi) is 6.83. The summed E-state index contributed by atoms with van der Waals surface area (Å²) in [5.41, 5.74) is 1.48. The van der Waals surface area contributed by atoms with Crippen molar-refractivity contribution in [2.24, 2.45) is 0 Å². The van der Waals surface area contributed by atoms with Crippen molar-refractivity contribution in [2.45, 2.75) is 37.4 Å². The van der Waals surface area contributed by atoms with Gasteiger partial charge in [-0.3, -0.25) is 4.79 Å². The fourth-order valence-corrected chi connectivity index (χ4v) is 3.14. The Labute approximate surface area is 165 Å². The molecule has 8 heteroatoms. The summed E-state index contributed by atoms with van der Waals surface area (Å²) in [6.07, 6.45) is -4.34. The van der Waals surface area contributed by atoms with Crippen LogP contribution in [0.3, 0.4) is 0 Å². The summed E-state index contributed by atoms with van der Waals surface area (Å²) in [5, 5.41) is 2.55. The second-order valence-electron chi connectivity index (χ2n) is 6.74. The van der Waals surface area contributed by atoms with Crippen LogP contribution >= 0.6 is 12.4 Å². The van der Waals surface area contributed by atoms with E-state index in [1.54, 1.807) is 24.3 Å². The number of Topliss-reactive ketones (excluding diaryl/α,β-unsaturated/α-hetero) is 1. The van der Waals surface area contributed by atoms with Crippen molar-refractivity contribution in [3.63, 3.8) is 0 Å². The minimum Gasteiger partial charge on any atom is -0.302 e. The van der Waals surface area contributed by atoms with Gasteiger partial charge in [-0.25, -0.2) is 8.78 Å². The van der Waals surface area contributed by atoms with Crippen LogP contribution in [0, 0.1) is 0 Å². The minimum absolute atomic E-state index is 0. The van der Waals surface area contributed by atoms with Gasteiger partial charge in [0.2, 0.25) is 0 Å². The molecule has 0 unspecified atom stereocenters. The first-order valence-electron chi connectivity index (χ1n) is 8.55. The Morgan fingerprint density at radius 3 is 2.32 bits per heavy atom. The van der Waals surface area contributed by atoms with Crippen LogP contribution in [-0.2, 0) is 17.4 Å². The van der Waals surface area contributed by atoms with Crippen molar-refractivity contribution < 1.29 is 26.7 Å². The predicted octanol–water partition coefficient (Wildman–Crippen LogP) is 5.29. The maximum Gasteiger partial charge on any atom is 0.416 e. The first-order valence-corrected chi connectivity index (χ1v) is 8.55. The lowest BCUT2D eigenvalue weighted by molar-refractivity contribution is -0.137. The van der Waals surface area contributed by atoms with E-state index in [1.165, 1.54) is 12.1 Å². The molecule has 28 heavy (non-hydrogen) atoms. The highest BCUT2D eigenvalue weighted by Crippen LogP contribution is 2.31. The van der Waals surface area contributed by atoms with E-state index in [0.717, 1.165) is 23.3 Å². The van der Waals surface area contributed by atoms with Gasteiger partial charge in [0.1, 0.15) is 5.78 Å². The van der Waals surface area contributed by atoms with Crippen LogP contribution in [-0.4, -0.2) is 24.3 Å². The first-order chi connectivity index (χ1) is 12.6. The average molecular weight is 420 g/mol. The van der Waals surface area contributed by atoms with Crippen molar-refractivity contribution in [1.82, 2.24) is 5.32 Å². The molecule has 2 aromatic carbocycles. The van der Waals surface area contributed by atoms with E-state index in [9.17, 15) is 26.7 Å². The maximum atomic E-state index is 13.2. The van der Waals surface area contributed by atoms with Crippen LogP contribution in [0.5, 0.6) is 0 Å². The van der Waals surface area contributed by atoms with Crippen LogP contribution in [0.4, 0.5) is 22.0 Å². The normalized spacial score (nSPS) is 18.5. The molecule has 0 spiro atoms. The average Bonchev–Trinajstić information content (AvgIpc) is 2.99. The zero-order valence-corrected chi connectivity index (χ0v) is 15.5. The zero-order valence-electron chi connectivity index (χ0n) is 14.7. The Balaban J connectivity index is 0.00000280. The molecule has 2 nitrogen and oxygen atoms in total. The number of hydrogen-bond acceptors (Lipinski definition) is 2. The number of ketones is 1. The number of nitrogens with one attached hydrogen (secondary N) is 1. The molecule has 0 aliphatic carbocycles. The van der Waals surface area contributed by atoms with Gasteiger partial charge < -0.3 is 5.32 Å². The third-order valence-electron chi connectivity index (χ3n) is 4.63. The standard InChI is InChI=1S/C20H18F5NO.ClH/c21-19(22)11-17(26-12-19)18(27)9-4-13-2-1-3-15(10-13)14-5-7-16(8-6-14)20(23,24)25;/h1-3,5-8,10,17,26H,4,9,11-12H2;1H/t17-;/m0./s1. The Bertz CT molecular complexity index is 820. The van der Waals surface area contributed by atoms with Gasteiger partial charge in [-0.15, -0.1) is 12.4 Å². The summed E-state index contributed by atoms with van der Waals surface area (Å²) in [6.45, 7) is -0.479. The van der Waals surface area contributed by atoms with Crippen molar-refractivity contribution >= 4 is 18.2 Å². The smallest absolute Gasteiger partial charge is 0.302 e. The number of carbonyl (C=O) groups is 1. The van der Waals surface area contributed by atoms with Gasteiger partial charge in [0.25, 0.3) is 5.92 Å². The molecule has 1 N–H and O–H groups in total. The molecule has 1 aliphatic heterocycles. The number of rotatable bonds is 5. The maximum absolute atomic E-state index is 13.2. The molecule has 0 aromatic heterocycles. The molecular weight excluding hydrogens is 401 g/mol. The SMILES string of the molecule is Cl.O=C(CCc1cccc(-c2ccc(C(F)(F)F)cc2)c1)[C@@H]1CC(F)(F)CN1. The summed E-state index contributed by atoms with van der Waals surface area (Å²) in [7, 11) is 0. The molecule has 0 amide bonds. The summed E-state index contributed by atoms with van der Waals surface area (Å²) in [4.78, 5) is 12.1. The van der Waals surface area contributed by atoms with Gasteiger partial charge in [-0.2, -0.15) is 13.2 Å². The molecule has 3 rings (SSSR count). The number of benzene rings is 2. The van der Waals surface area contributed by atoms with Crippen LogP contribution < -0.4 is 5.32 Å². The molecule has 0 bridgehead atoms. The van der Waals surface area contributed by atoms with E-state index in [1.807, 2.05) is 0 Å². The largest absolute Gasteiger partial charge is 0.416 e. The third kappa shape index (κ3) is 5.52. The van der Waals surface area contributed by atoms with Gasteiger partial charge in [0, 0.05) is 12.8 Å². The lowest BCUT2D eigenvalue weighted by Gasteiger charge is -2.10. The van der Waals surface area contributed by atoms with E-state index < -0.39 is 36.7 Å². The van der Waals surface area contributed by atoms with E-state index in [4.69, 9.17) is 0 Å². The predicted molar refractivity (Wildman–Crippen MR) is 98.8 cm³/mol. The van der Waals surface area contributed by atoms with E-state index in [0.29, 0.717) is 12.0 Å². The lowest BCUT2D eigenvalue weighted by atomic mass is 9.98. The number of carbonyl (C=O) groups excluding carboxylic acids is 1. The zero-order chi connectivity index (χ0) is 19.7. The van der Waals surface area contributed by atoms with Crippen molar-refractivity contribution in [2.75, 3.05) is 6.54 Å². The fourth-order valence-electron chi connectivity index (χ4n) is 3.14. The van der Waals surface area contributed by atoms with Gasteiger partial charge in [-0.05, 0) is 35.2 Å². The summed E-state index contributed by atoms with van der Waals surface area (Å²) >= 11 is 0. The molecular formula is C20H19ClF5NO. The summed E-state index contributed by atoms with van der Waals surface area (Å²) < 4.78 is 64.3. The Hall–Kier alpha value is -1.99. The quantitative estimate of drug-likeness (QED) is 0.667. The fraction of sp³-hybridized carbons (Fsp3) is 0.350. The van der Waals surface area contributed by atoms with Crippen molar-refractivity contribution in [3.05, 3.63) is 59.7 Å². The van der Waals surface area contributed by atoms with Crippen LogP contribution in [0.2, 0.25) is 0 Å². The Morgan fingerprint density at radius 2 is 1.75 bits per heavy atom. The molecule has 0 saturated carbocycles. The molecule has 1 saturated heterocycles. The highest BCUT2D eigenvalue weighted by atomic mass is 35.5.